The van der Waals surface area contributed by atoms with Crippen LogP contribution in [0.1, 0.15) is 59.8 Å². The Labute approximate surface area is 137 Å². The van der Waals surface area contributed by atoms with Gasteiger partial charge in [-0.1, -0.05) is 13.8 Å². The van der Waals surface area contributed by atoms with Gasteiger partial charge >= 0.3 is 0 Å². The molecule has 1 saturated carbocycles. The molecule has 0 radical (unpaired) electrons. The molecule has 3 heteroatoms. The summed E-state index contributed by atoms with van der Waals surface area (Å²) >= 11 is 0. The van der Waals surface area contributed by atoms with E-state index in [0.717, 1.165) is 18.8 Å². The molecule has 1 saturated heterocycles. The number of Topliss-reactive ketones (excluding diaryl/α,β-unsaturated/α-hetero) is 1. The molecule has 2 rings (SSSR count). The Bertz CT molecular complexity index is 337. The fourth-order valence-corrected chi connectivity index (χ4v) is 4.08. The van der Waals surface area contributed by atoms with E-state index >= 15 is 0 Å². The van der Waals surface area contributed by atoms with Crippen LogP contribution in [0.25, 0.3) is 0 Å². The van der Waals surface area contributed by atoms with Crippen LogP contribution in [0.5, 0.6) is 0 Å². The molecule has 0 bridgehead atoms. The predicted molar refractivity (Wildman–Crippen MR) is 93.1 cm³/mol. The Morgan fingerprint density at radius 2 is 1.55 bits per heavy atom. The van der Waals surface area contributed by atoms with E-state index in [1.165, 1.54) is 52.0 Å². The van der Waals surface area contributed by atoms with Crippen LogP contribution in [0.3, 0.4) is 0 Å². The van der Waals surface area contributed by atoms with Gasteiger partial charge in [0, 0.05) is 44.1 Å². The van der Waals surface area contributed by atoms with Gasteiger partial charge in [0.15, 0.2) is 0 Å². The molecule has 1 aliphatic carbocycles. The second kappa shape index (κ2) is 8.44. The number of hydrogen-bond donors (Lipinski definition) is 0. The van der Waals surface area contributed by atoms with E-state index in [9.17, 15) is 4.79 Å². The molecular formula is C19H36N2O. The van der Waals surface area contributed by atoms with Gasteiger partial charge in [0.25, 0.3) is 0 Å². The molecule has 22 heavy (non-hydrogen) atoms. The second-order valence-corrected chi connectivity index (χ2v) is 8.03. The Morgan fingerprint density at radius 3 is 2.05 bits per heavy atom. The quantitative estimate of drug-likeness (QED) is 0.751. The Hall–Kier alpha value is -0.410. The summed E-state index contributed by atoms with van der Waals surface area (Å²) in [6, 6.07) is 0.691. The first kappa shape index (κ1) is 17.9. The topological polar surface area (TPSA) is 23.6 Å². The highest BCUT2D eigenvalue weighted by atomic mass is 16.1. The number of nitrogens with zero attached hydrogens (tertiary/aromatic N) is 2. The molecule has 0 atom stereocenters. The van der Waals surface area contributed by atoms with Crippen molar-refractivity contribution in [2.24, 2.45) is 17.8 Å². The van der Waals surface area contributed by atoms with Crippen molar-refractivity contribution >= 4 is 5.78 Å². The summed E-state index contributed by atoms with van der Waals surface area (Å²) in [7, 11) is 0. The van der Waals surface area contributed by atoms with Crippen LogP contribution in [0, 0.1) is 17.8 Å². The Morgan fingerprint density at radius 1 is 0.955 bits per heavy atom. The van der Waals surface area contributed by atoms with Crippen LogP contribution >= 0.6 is 0 Å². The number of rotatable bonds is 6. The molecule has 128 valence electrons. The molecule has 1 heterocycles. The van der Waals surface area contributed by atoms with Crippen LogP contribution in [0.4, 0.5) is 0 Å². The van der Waals surface area contributed by atoms with E-state index in [2.05, 4.69) is 23.6 Å². The predicted octanol–water partition coefficient (Wildman–Crippen LogP) is 3.43. The Kier molecular flexibility index (Phi) is 6.88. The fourth-order valence-electron chi connectivity index (χ4n) is 4.08. The number of carbonyl (C=O) groups excluding carboxylic acids is 1. The van der Waals surface area contributed by atoms with E-state index in [1.54, 1.807) is 0 Å². The summed E-state index contributed by atoms with van der Waals surface area (Å²) in [5, 5.41) is 0. The van der Waals surface area contributed by atoms with Gasteiger partial charge in [-0.2, -0.15) is 0 Å². The normalized spacial score (nSPS) is 28.5. The molecule has 0 aromatic rings. The van der Waals surface area contributed by atoms with Gasteiger partial charge in [0.2, 0.25) is 0 Å². The van der Waals surface area contributed by atoms with Crippen molar-refractivity contribution < 1.29 is 4.79 Å². The van der Waals surface area contributed by atoms with Crippen molar-refractivity contribution in [2.45, 2.75) is 65.8 Å². The van der Waals surface area contributed by atoms with E-state index in [4.69, 9.17) is 0 Å². The third-order valence-corrected chi connectivity index (χ3v) is 5.81. The first-order valence-corrected chi connectivity index (χ1v) is 9.47. The van der Waals surface area contributed by atoms with Gasteiger partial charge in [-0.15, -0.1) is 0 Å². The lowest BCUT2D eigenvalue weighted by Gasteiger charge is -2.38. The second-order valence-electron chi connectivity index (χ2n) is 8.03. The summed E-state index contributed by atoms with van der Waals surface area (Å²) in [4.78, 5) is 17.3. The van der Waals surface area contributed by atoms with Crippen molar-refractivity contribution in [1.82, 2.24) is 9.80 Å². The number of piperazine rings is 1. The molecule has 1 aliphatic heterocycles. The highest BCUT2D eigenvalue weighted by Crippen LogP contribution is 2.32. The first-order chi connectivity index (χ1) is 10.5. The minimum Gasteiger partial charge on any atom is -0.301 e. The zero-order chi connectivity index (χ0) is 16.1. The van der Waals surface area contributed by atoms with Crippen LogP contribution in [0.15, 0.2) is 0 Å². The number of ketones is 1. The molecule has 0 unspecified atom stereocenters. The van der Waals surface area contributed by atoms with Crippen LogP contribution in [-0.2, 0) is 4.79 Å². The van der Waals surface area contributed by atoms with Crippen molar-refractivity contribution in [1.29, 1.82) is 0 Å². The first-order valence-electron chi connectivity index (χ1n) is 9.47. The molecule has 0 aromatic carbocycles. The maximum absolute atomic E-state index is 12.1. The van der Waals surface area contributed by atoms with Gasteiger partial charge in [-0.3, -0.25) is 9.69 Å². The van der Waals surface area contributed by atoms with Crippen LogP contribution in [-0.4, -0.2) is 54.3 Å². The summed E-state index contributed by atoms with van der Waals surface area (Å²) in [6.45, 7) is 14.9. The van der Waals surface area contributed by atoms with Crippen LogP contribution in [0.2, 0.25) is 0 Å². The van der Waals surface area contributed by atoms with E-state index in [1.807, 2.05) is 13.8 Å². The van der Waals surface area contributed by atoms with Gasteiger partial charge in [0.1, 0.15) is 5.78 Å². The van der Waals surface area contributed by atoms with Crippen molar-refractivity contribution in [2.75, 3.05) is 32.7 Å². The lowest BCUT2D eigenvalue weighted by molar-refractivity contribution is -0.127. The average Bonchev–Trinajstić information content (AvgIpc) is 2.53. The monoisotopic (exact) mass is 308 g/mol. The highest BCUT2D eigenvalue weighted by Gasteiger charge is 2.28. The van der Waals surface area contributed by atoms with Gasteiger partial charge < -0.3 is 4.90 Å². The third kappa shape index (κ3) is 5.06. The SMILES string of the molecule is CC(C)C(=O)C1CCC(CCN2CCN(C(C)C)CC2)CC1. The molecule has 0 spiro atoms. The Balaban J connectivity index is 1.62. The molecule has 0 N–H and O–H groups in total. The number of hydrogen-bond acceptors (Lipinski definition) is 3. The molecule has 0 aromatic heterocycles. The third-order valence-electron chi connectivity index (χ3n) is 5.81. The highest BCUT2D eigenvalue weighted by molar-refractivity contribution is 5.82. The van der Waals surface area contributed by atoms with Crippen molar-refractivity contribution in [3.63, 3.8) is 0 Å². The van der Waals surface area contributed by atoms with Gasteiger partial charge in [-0.05, 0) is 58.4 Å². The van der Waals surface area contributed by atoms with Crippen LogP contribution < -0.4 is 0 Å². The lowest BCUT2D eigenvalue weighted by Crippen LogP contribution is -2.49. The molecular weight excluding hydrogens is 272 g/mol. The summed E-state index contributed by atoms with van der Waals surface area (Å²) in [6.07, 6.45) is 6.17. The largest absolute Gasteiger partial charge is 0.301 e. The van der Waals surface area contributed by atoms with E-state index in [-0.39, 0.29) is 5.92 Å². The minimum atomic E-state index is 0.221. The fraction of sp³-hybridized carbons (Fsp3) is 0.947. The molecule has 2 aliphatic rings. The average molecular weight is 309 g/mol. The lowest BCUT2D eigenvalue weighted by atomic mass is 9.77. The molecule has 2 fully saturated rings. The minimum absolute atomic E-state index is 0.221. The summed E-state index contributed by atoms with van der Waals surface area (Å²) in [5.74, 6) is 1.95. The van der Waals surface area contributed by atoms with E-state index < -0.39 is 0 Å². The van der Waals surface area contributed by atoms with Gasteiger partial charge in [0.05, 0.1) is 0 Å². The zero-order valence-electron chi connectivity index (χ0n) is 15.2. The smallest absolute Gasteiger partial charge is 0.138 e. The van der Waals surface area contributed by atoms with E-state index in [0.29, 0.717) is 17.7 Å². The zero-order valence-corrected chi connectivity index (χ0v) is 15.2. The van der Waals surface area contributed by atoms with Gasteiger partial charge in [-0.25, -0.2) is 0 Å². The molecule has 0 amide bonds. The van der Waals surface area contributed by atoms with Crippen molar-refractivity contribution in [3.05, 3.63) is 0 Å². The summed E-state index contributed by atoms with van der Waals surface area (Å²) in [5.41, 5.74) is 0. The maximum atomic E-state index is 12.1. The molecule has 3 nitrogen and oxygen atoms in total. The standard InChI is InChI=1S/C19H36N2O/c1-15(2)19(22)18-7-5-17(6-8-18)9-10-20-11-13-21(14-12-20)16(3)4/h15-18H,5-14H2,1-4H3. The maximum Gasteiger partial charge on any atom is 0.138 e. The summed E-state index contributed by atoms with van der Waals surface area (Å²) < 4.78 is 0. The number of carbonyl (C=O) groups is 1. The van der Waals surface area contributed by atoms with Crippen molar-refractivity contribution in [3.8, 4) is 0 Å².